The fourth-order valence-electron chi connectivity index (χ4n) is 1.36. The second-order valence-electron chi connectivity index (χ2n) is 3.42. The minimum atomic E-state index is -1.12. The van der Waals surface area contributed by atoms with Crippen molar-refractivity contribution in [1.29, 1.82) is 0 Å². The van der Waals surface area contributed by atoms with E-state index in [1.54, 1.807) is 0 Å². The molecule has 0 aliphatic carbocycles. The van der Waals surface area contributed by atoms with E-state index in [2.05, 4.69) is 9.97 Å². The number of hydrogen-bond donors (Lipinski definition) is 2. The van der Waals surface area contributed by atoms with Crippen molar-refractivity contribution in [3.63, 3.8) is 0 Å². The van der Waals surface area contributed by atoms with Crippen molar-refractivity contribution in [2.45, 2.75) is 6.92 Å². The molecule has 2 rings (SSSR count). The summed E-state index contributed by atoms with van der Waals surface area (Å²) in [7, 11) is 0. The van der Waals surface area contributed by atoms with Crippen LogP contribution in [0.25, 0.3) is 11.3 Å². The fraction of sp³-hybridized carbons (Fsp3) is 0.0909. The quantitative estimate of drug-likeness (QED) is 0.843. The molecule has 1 heterocycles. The average molecular weight is 237 g/mol. The second-order valence-corrected chi connectivity index (χ2v) is 3.80. The summed E-state index contributed by atoms with van der Waals surface area (Å²) in [5.41, 5.74) is 2.37. The first-order valence-electron chi connectivity index (χ1n) is 4.64. The van der Waals surface area contributed by atoms with Crippen LogP contribution in [-0.2, 0) is 0 Å². The van der Waals surface area contributed by atoms with E-state index in [-0.39, 0.29) is 11.0 Å². The molecular formula is C11H9ClN2O2. The van der Waals surface area contributed by atoms with Crippen molar-refractivity contribution >= 4 is 17.6 Å². The lowest BCUT2D eigenvalue weighted by Crippen LogP contribution is -1.98. The van der Waals surface area contributed by atoms with Crippen LogP contribution in [0.15, 0.2) is 24.3 Å². The van der Waals surface area contributed by atoms with E-state index in [1.165, 1.54) is 0 Å². The molecule has 5 heteroatoms. The third-order valence-corrected chi connectivity index (χ3v) is 2.46. The number of carboxylic acids is 1. The molecule has 0 atom stereocenters. The highest BCUT2D eigenvalue weighted by atomic mass is 35.5. The minimum absolute atomic E-state index is 0.152. The van der Waals surface area contributed by atoms with E-state index in [0.29, 0.717) is 5.69 Å². The van der Waals surface area contributed by atoms with Crippen LogP contribution in [0, 0.1) is 6.92 Å². The zero-order chi connectivity index (χ0) is 11.7. The number of carboxylic acid groups (broad SMARTS) is 1. The Bertz CT molecular complexity index is 531. The lowest BCUT2D eigenvalue weighted by Gasteiger charge is -1.97. The number of rotatable bonds is 2. The highest BCUT2D eigenvalue weighted by Crippen LogP contribution is 2.25. The van der Waals surface area contributed by atoms with Gasteiger partial charge in [0.15, 0.2) is 0 Å². The van der Waals surface area contributed by atoms with E-state index in [0.717, 1.165) is 11.1 Å². The predicted octanol–water partition coefficient (Wildman–Crippen LogP) is 2.74. The van der Waals surface area contributed by atoms with Crippen LogP contribution in [0.3, 0.4) is 0 Å². The van der Waals surface area contributed by atoms with Gasteiger partial charge in [-0.3, -0.25) is 0 Å². The molecule has 0 bridgehead atoms. The molecule has 0 unspecified atom stereocenters. The lowest BCUT2D eigenvalue weighted by atomic mass is 10.1. The van der Waals surface area contributed by atoms with Crippen molar-refractivity contribution in [2.24, 2.45) is 0 Å². The number of hydrogen-bond acceptors (Lipinski definition) is 2. The SMILES string of the molecule is Cc1ccc(-c2nc(C(=O)O)[nH]c2Cl)cc1. The highest BCUT2D eigenvalue weighted by Gasteiger charge is 2.14. The number of benzene rings is 1. The number of aryl methyl sites for hydroxylation is 1. The maximum atomic E-state index is 10.7. The smallest absolute Gasteiger partial charge is 0.371 e. The number of imidazole rings is 1. The maximum Gasteiger partial charge on any atom is 0.371 e. The van der Waals surface area contributed by atoms with Crippen molar-refractivity contribution in [1.82, 2.24) is 9.97 Å². The summed E-state index contributed by atoms with van der Waals surface area (Å²) in [5, 5.41) is 9.00. The number of aromatic nitrogens is 2. The van der Waals surface area contributed by atoms with Gasteiger partial charge < -0.3 is 10.1 Å². The van der Waals surface area contributed by atoms with Gasteiger partial charge in [0.05, 0.1) is 0 Å². The molecule has 1 aromatic carbocycles. The molecule has 0 saturated heterocycles. The van der Waals surface area contributed by atoms with Gasteiger partial charge in [0, 0.05) is 5.56 Å². The van der Waals surface area contributed by atoms with Gasteiger partial charge in [0.25, 0.3) is 0 Å². The first kappa shape index (κ1) is 10.7. The molecule has 2 aromatic rings. The van der Waals surface area contributed by atoms with E-state index in [4.69, 9.17) is 16.7 Å². The van der Waals surface area contributed by atoms with Gasteiger partial charge in [-0.1, -0.05) is 41.4 Å². The molecule has 0 aliphatic heterocycles. The Labute approximate surface area is 96.9 Å². The molecule has 0 aliphatic rings. The Morgan fingerprint density at radius 1 is 1.38 bits per heavy atom. The number of halogens is 1. The van der Waals surface area contributed by atoms with Gasteiger partial charge >= 0.3 is 5.97 Å². The largest absolute Gasteiger partial charge is 0.475 e. The van der Waals surface area contributed by atoms with Gasteiger partial charge in [-0.15, -0.1) is 0 Å². The molecule has 0 radical (unpaired) electrons. The minimum Gasteiger partial charge on any atom is -0.475 e. The zero-order valence-corrected chi connectivity index (χ0v) is 9.25. The Morgan fingerprint density at radius 3 is 2.50 bits per heavy atom. The average Bonchev–Trinajstić information content (AvgIpc) is 2.62. The Balaban J connectivity index is 2.47. The molecule has 4 nitrogen and oxygen atoms in total. The molecule has 0 fully saturated rings. The zero-order valence-electron chi connectivity index (χ0n) is 8.49. The molecule has 16 heavy (non-hydrogen) atoms. The first-order valence-corrected chi connectivity index (χ1v) is 5.01. The number of aromatic amines is 1. The van der Waals surface area contributed by atoms with Crippen molar-refractivity contribution in [2.75, 3.05) is 0 Å². The Hall–Kier alpha value is -1.81. The van der Waals surface area contributed by atoms with Crippen molar-refractivity contribution < 1.29 is 9.90 Å². The van der Waals surface area contributed by atoms with Crippen LogP contribution in [-0.4, -0.2) is 21.0 Å². The van der Waals surface area contributed by atoms with Gasteiger partial charge in [0.1, 0.15) is 10.8 Å². The Kier molecular flexibility index (Phi) is 2.66. The first-order chi connectivity index (χ1) is 7.58. The standard InChI is InChI=1S/C11H9ClN2O2/c1-6-2-4-7(5-3-6)8-9(12)14-10(13-8)11(15)16/h2-5H,1H3,(H,13,14)(H,15,16). The monoisotopic (exact) mass is 236 g/mol. The second kappa shape index (κ2) is 3.98. The van der Waals surface area contributed by atoms with E-state index in [9.17, 15) is 4.79 Å². The van der Waals surface area contributed by atoms with Crippen molar-refractivity contribution in [3.05, 3.63) is 40.8 Å². The topological polar surface area (TPSA) is 66.0 Å². The Morgan fingerprint density at radius 2 is 2.00 bits per heavy atom. The summed E-state index contributed by atoms with van der Waals surface area (Å²) < 4.78 is 0. The maximum absolute atomic E-state index is 10.7. The van der Waals surface area contributed by atoms with Crippen LogP contribution in [0.1, 0.15) is 16.2 Å². The summed E-state index contributed by atoms with van der Waals surface area (Å²) >= 11 is 5.88. The molecule has 0 saturated carbocycles. The lowest BCUT2D eigenvalue weighted by molar-refractivity contribution is 0.0685. The van der Waals surface area contributed by atoms with Crippen LogP contribution in [0.2, 0.25) is 5.15 Å². The predicted molar refractivity (Wildman–Crippen MR) is 60.7 cm³/mol. The number of H-pyrrole nitrogens is 1. The number of carbonyl (C=O) groups is 1. The van der Waals surface area contributed by atoms with E-state index >= 15 is 0 Å². The van der Waals surface area contributed by atoms with Gasteiger partial charge in [-0.05, 0) is 6.92 Å². The summed E-state index contributed by atoms with van der Waals surface area (Å²) in [6, 6.07) is 7.54. The van der Waals surface area contributed by atoms with Gasteiger partial charge in [-0.25, -0.2) is 9.78 Å². The number of nitrogens with zero attached hydrogens (tertiary/aromatic N) is 1. The molecule has 0 spiro atoms. The van der Waals surface area contributed by atoms with Crippen LogP contribution in [0.5, 0.6) is 0 Å². The molecular weight excluding hydrogens is 228 g/mol. The summed E-state index contributed by atoms with van der Waals surface area (Å²) in [4.78, 5) is 17.1. The number of nitrogens with one attached hydrogen (secondary N) is 1. The third-order valence-electron chi connectivity index (χ3n) is 2.19. The van der Waals surface area contributed by atoms with Crippen LogP contribution >= 0.6 is 11.6 Å². The third kappa shape index (κ3) is 1.92. The van der Waals surface area contributed by atoms with E-state index < -0.39 is 5.97 Å². The van der Waals surface area contributed by atoms with Gasteiger partial charge in [0.2, 0.25) is 5.82 Å². The van der Waals surface area contributed by atoms with Crippen LogP contribution < -0.4 is 0 Å². The fourth-order valence-corrected chi connectivity index (χ4v) is 1.60. The summed E-state index contributed by atoms with van der Waals surface area (Å²) in [6.07, 6.45) is 0. The van der Waals surface area contributed by atoms with Gasteiger partial charge in [-0.2, -0.15) is 0 Å². The highest BCUT2D eigenvalue weighted by molar-refractivity contribution is 6.32. The van der Waals surface area contributed by atoms with E-state index in [1.807, 2.05) is 31.2 Å². The van der Waals surface area contributed by atoms with Crippen molar-refractivity contribution in [3.8, 4) is 11.3 Å². The summed E-state index contributed by atoms with van der Waals surface area (Å²) in [6.45, 7) is 1.97. The van der Waals surface area contributed by atoms with Crippen LogP contribution in [0.4, 0.5) is 0 Å². The molecule has 1 aromatic heterocycles. The molecule has 2 N–H and O–H groups in total. The molecule has 82 valence electrons. The normalized spacial score (nSPS) is 10.4. The number of aromatic carboxylic acids is 1. The molecule has 0 amide bonds. The summed E-state index contributed by atoms with van der Waals surface area (Å²) in [5.74, 6) is -1.28.